The molecule has 0 saturated carbocycles. The van der Waals surface area contributed by atoms with Crippen molar-refractivity contribution in [3.63, 3.8) is 0 Å². The van der Waals surface area contributed by atoms with Gasteiger partial charge in [0, 0.05) is 24.8 Å². The molecule has 0 bridgehead atoms. The fraction of sp³-hybridized carbons (Fsp3) is 0.267. The molecule has 1 aromatic carbocycles. The lowest BCUT2D eigenvalue weighted by molar-refractivity contribution is -0.384. The molecule has 9 heteroatoms. The van der Waals surface area contributed by atoms with E-state index >= 15 is 0 Å². The third-order valence-electron chi connectivity index (χ3n) is 2.73. The molecule has 0 aliphatic heterocycles. The summed E-state index contributed by atoms with van der Waals surface area (Å²) in [6.45, 7) is 3.35. The first-order valence-electron chi connectivity index (χ1n) is 7.05. The van der Waals surface area contributed by atoms with Crippen LogP contribution in [0.15, 0.2) is 30.3 Å². The summed E-state index contributed by atoms with van der Waals surface area (Å²) in [7, 11) is 0. The predicted octanol–water partition coefficient (Wildman–Crippen LogP) is 1.39. The summed E-state index contributed by atoms with van der Waals surface area (Å²) in [5, 5.41) is 15.0. The van der Waals surface area contributed by atoms with Crippen molar-refractivity contribution in [2.24, 2.45) is 0 Å². The molecule has 0 radical (unpaired) electrons. The highest BCUT2D eigenvalue weighted by molar-refractivity contribution is 5.98. The Morgan fingerprint density at radius 1 is 1.38 bits per heavy atom. The maximum atomic E-state index is 11.6. The number of ether oxygens (including phenoxy) is 1. The van der Waals surface area contributed by atoms with E-state index in [1.807, 2.05) is 5.32 Å². The van der Waals surface area contributed by atoms with E-state index in [0.717, 1.165) is 6.08 Å². The number of urea groups is 1. The Kier molecular flexibility index (Phi) is 7.08. The first-order chi connectivity index (χ1) is 11.3. The molecule has 0 saturated heterocycles. The van der Waals surface area contributed by atoms with Crippen LogP contribution < -0.4 is 10.6 Å². The van der Waals surface area contributed by atoms with Crippen molar-refractivity contribution in [3.05, 3.63) is 46.0 Å². The molecule has 1 rings (SSSR count). The number of nitro groups is 1. The minimum Gasteiger partial charge on any atom is -0.449 e. The van der Waals surface area contributed by atoms with Crippen LogP contribution in [0, 0.1) is 10.1 Å². The first-order valence-corrected chi connectivity index (χ1v) is 7.05. The maximum Gasteiger partial charge on any atom is 0.331 e. The number of amides is 3. The number of carbonyl (C=O) groups is 3. The first kappa shape index (κ1) is 18.8. The van der Waals surface area contributed by atoms with Gasteiger partial charge >= 0.3 is 12.0 Å². The van der Waals surface area contributed by atoms with E-state index in [0.29, 0.717) is 12.1 Å². The van der Waals surface area contributed by atoms with Crippen molar-refractivity contribution < 1.29 is 24.0 Å². The molecule has 0 aliphatic rings. The molecular formula is C15H17N3O6. The Morgan fingerprint density at radius 2 is 2.08 bits per heavy atom. The molecule has 128 valence electrons. The number of hydrogen-bond acceptors (Lipinski definition) is 6. The number of esters is 1. The summed E-state index contributed by atoms with van der Waals surface area (Å²) in [6, 6.07) is 4.98. The van der Waals surface area contributed by atoms with Crippen molar-refractivity contribution in [3.8, 4) is 0 Å². The lowest BCUT2D eigenvalue weighted by Gasteiger charge is -2.11. The second-order valence-electron chi connectivity index (χ2n) is 4.61. The van der Waals surface area contributed by atoms with Crippen molar-refractivity contribution in [2.45, 2.75) is 20.0 Å². The van der Waals surface area contributed by atoms with Crippen LogP contribution >= 0.6 is 0 Å². The summed E-state index contributed by atoms with van der Waals surface area (Å²) in [4.78, 5) is 44.5. The van der Waals surface area contributed by atoms with Gasteiger partial charge in [-0.2, -0.15) is 0 Å². The second kappa shape index (κ2) is 9.03. The Bertz CT molecular complexity index is 671. The van der Waals surface area contributed by atoms with Gasteiger partial charge < -0.3 is 10.1 Å². The van der Waals surface area contributed by atoms with Crippen LogP contribution in [0.25, 0.3) is 6.08 Å². The molecule has 1 aromatic rings. The minimum absolute atomic E-state index is 0.111. The average Bonchev–Trinajstić information content (AvgIpc) is 2.53. The standard InChI is InChI=1S/C15H17N3O6/c1-3-16-15(21)17-14(20)10(2)24-13(19)8-7-11-5-4-6-12(9-11)18(22)23/h4-10H,3H2,1-2H3,(H2,16,17,20,21)/b8-7+/t10-/m1/s1. The van der Waals surface area contributed by atoms with E-state index in [1.165, 1.54) is 31.2 Å². The third kappa shape index (κ3) is 6.26. The Balaban J connectivity index is 2.59. The number of nitrogens with zero attached hydrogens (tertiary/aromatic N) is 1. The van der Waals surface area contributed by atoms with E-state index in [9.17, 15) is 24.5 Å². The Morgan fingerprint density at radius 3 is 2.71 bits per heavy atom. The summed E-state index contributed by atoms with van der Waals surface area (Å²) in [5.41, 5.74) is 0.320. The fourth-order valence-corrected chi connectivity index (χ4v) is 1.59. The number of carbonyl (C=O) groups excluding carboxylic acids is 3. The van der Waals surface area contributed by atoms with E-state index in [4.69, 9.17) is 4.74 Å². The second-order valence-corrected chi connectivity index (χ2v) is 4.61. The highest BCUT2D eigenvalue weighted by Gasteiger charge is 2.18. The van der Waals surface area contributed by atoms with Gasteiger partial charge in [0.15, 0.2) is 6.10 Å². The summed E-state index contributed by atoms with van der Waals surface area (Å²) >= 11 is 0. The van der Waals surface area contributed by atoms with Crippen LogP contribution in [0.5, 0.6) is 0 Å². The third-order valence-corrected chi connectivity index (χ3v) is 2.73. The molecule has 3 amide bonds. The average molecular weight is 335 g/mol. The zero-order valence-corrected chi connectivity index (χ0v) is 13.1. The number of rotatable bonds is 6. The zero-order valence-electron chi connectivity index (χ0n) is 13.1. The van der Waals surface area contributed by atoms with Gasteiger partial charge in [-0.3, -0.25) is 20.2 Å². The number of benzene rings is 1. The van der Waals surface area contributed by atoms with Crippen LogP contribution in [-0.4, -0.2) is 35.5 Å². The molecule has 0 aliphatic carbocycles. The van der Waals surface area contributed by atoms with Crippen molar-refractivity contribution in [1.29, 1.82) is 0 Å². The Hall–Kier alpha value is -3.23. The van der Waals surface area contributed by atoms with Crippen LogP contribution in [0.1, 0.15) is 19.4 Å². The molecule has 9 nitrogen and oxygen atoms in total. The van der Waals surface area contributed by atoms with E-state index in [2.05, 4.69) is 5.32 Å². The minimum atomic E-state index is -1.17. The Labute approximate surface area is 137 Å². The molecular weight excluding hydrogens is 318 g/mol. The lowest BCUT2D eigenvalue weighted by Crippen LogP contribution is -2.44. The van der Waals surface area contributed by atoms with Gasteiger partial charge in [-0.1, -0.05) is 12.1 Å². The number of imide groups is 1. The van der Waals surface area contributed by atoms with Crippen LogP contribution in [0.4, 0.5) is 10.5 Å². The largest absolute Gasteiger partial charge is 0.449 e. The van der Waals surface area contributed by atoms with Crippen molar-refractivity contribution >= 4 is 29.7 Å². The fourth-order valence-electron chi connectivity index (χ4n) is 1.59. The molecule has 0 aromatic heterocycles. The number of hydrogen-bond donors (Lipinski definition) is 2. The van der Waals surface area contributed by atoms with Crippen LogP contribution in [0.2, 0.25) is 0 Å². The molecule has 0 fully saturated rings. The van der Waals surface area contributed by atoms with Crippen molar-refractivity contribution in [2.75, 3.05) is 6.54 Å². The van der Waals surface area contributed by atoms with E-state index < -0.39 is 28.9 Å². The highest BCUT2D eigenvalue weighted by Crippen LogP contribution is 2.14. The smallest absolute Gasteiger partial charge is 0.331 e. The maximum absolute atomic E-state index is 11.6. The molecule has 0 unspecified atom stereocenters. The molecule has 24 heavy (non-hydrogen) atoms. The normalized spacial score (nSPS) is 11.6. The predicted molar refractivity (Wildman–Crippen MR) is 84.9 cm³/mol. The lowest BCUT2D eigenvalue weighted by atomic mass is 10.2. The monoisotopic (exact) mass is 335 g/mol. The van der Waals surface area contributed by atoms with Gasteiger partial charge in [0.25, 0.3) is 11.6 Å². The summed E-state index contributed by atoms with van der Waals surface area (Å²) in [6.07, 6.45) is 1.19. The quantitative estimate of drug-likeness (QED) is 0.350. The SMILES string of the molecule is CCNC(=O)NC(=O)[C@@H](C)OC(=O)/C=C/c1cccc([N+](=O)[O-])c1. The van der Waals surface area contributed by atoms with Gasteiger partial charge in [0.1, 0.15) is 0 Å². The molecule has 0 heterocycles. The van der Waals surface area contributed by atoms with Gasteiger partial charge in [-0.15, -0.1) is 0 Å². The molecule has 2 N–H and O–H groups in total. The van der Waals surface area contributed by atoms with E-state index in [1.54, 1.807) is 13.0 Å². The van der Waals surface area contributed by atoms with Crippen LogP contribution in [-0.2, 0) is 14.3 Å². The van der Waals surface area contributed by atoms with Crippen LogP contribution in [0.3, 0.4) is 0 Å². The topological polar surface area (TPSA) is 128 Å². The van der Waals surface area contributed by atoms with Gasteiger partial charge in [-0.05, 0) is 25.5 Å². The highest BCUT2D eigenvalue weighted by atomic mass is 16.6. The van der Waals surface area contributed by atoms with Crippen molar-refractivity contribution in [1.82, 2.24) is 10.6 Å². The summed E-state index contributed by atoms with van der Waals surface area (Å²) in [5.74, 6) is -1.59. The number of non-ortho nitro benzene ring substituents is 1. The summed E-state index contributed by atoms with van der Waals surface area (Å²) < 4.78 is 4.84. The number of nitro benzene ring substituents is 1. The zero-order chi connectivity index (χ0) is 18.1. The van der Waals surface area contributed by atoms with Gasteiger partial charge in [-0.25, -0.2) is 9.59 Å². The molecule has 0 spiro atoms. The van der Waals surface area contributed by atoms with E-state index in [-0.39, 0.29) is 5.69 Å². The molecule has 1 atom stereocenters. The van der Waals surface area contributed by atoms with Gasteiger partial charge in [0.2, 0.25) is 0 Å². The van der Waals surface area contributed by atoms with Gasteiger partial charge in [0.05, 0.1) is 4.92 Å². The number of nitrogens with one attached hydrogen (secondary N) is 2.